The Morgan fingerprint density at radius 1 is 1.11 bits per heavy atom. The second kappa shape index (κ2) is 5.48. The predicted octanol–water partition coefficient (Wildman–Crippen LogP) is 3.23. The highest BCUT2D eigenvalue weighted by molar-refractivity contribution is 6.05. The summed E-state index contributed by atoms with van der Waals surface area (Å²) in [4.78, 5) is 11.9. The van der Waals surface area contributed by atoms with E-state index in [1.807, 2.05) is 0 Å². The van der Waals surface area contributed by atoms with Crippen LogP contribution in [0.25, 0.3) is 0 Å². The van der Waals surface area contributed by atoms with Gasteiger partial charge in [-0.05, 0) is 30.3 Å². The molecule has 3 nitrogen and oxygen atoms in total. The Hall–Kier alpha value is -2.43. The molecule has 0 fully saturated rings. The van der Waals surface area contributed by atoms with Gasteiger partial charge < -0.3 is 10.1 Å². The normalized spacial score (nSPS) is 10.1. The molecule has 0 unspecified atom stereocenters. The largest absolute Gasteiger partial charge is 0.495 e. The van der Waals surface area contributed by atoms with Crippen molar-refractivity contribution in [2.24, 2.45) is 0 Å². The van der Waals surface area contributed by atoms with E-state index >= 15 is 0 Å². The van der Waals surface area contributed by atoms with Gasteiger partial charge in [-0.3, -0.25) is 4.79 Å². The molecule has 0 saturated carbocycles. The Labute approximate surface area is 108 Å². The molecule has 0 atom stereocenters. The van der Waals surface area contributed by atoms with E-state index in [9.17, 15) is 13.6 Å². The number of benzene rings is 2. The molecule has 19 heavy (non-hydrogen) atoms. The number of hydrogen-bond acceptors (Lipinski definition) is 2. The van der Waals surface area contributed by atoms with Crippen LogP contribution in [0.1, 0.15) is 10.4 Å². The fraction of sp³-hybridized carbons (Fsp3) is 0.0714. The number of hydrogen-bond donors (Lipinski definition) is 1. The molecule has 98 valence electrons. The average Bonchev–Trinajstić information content (AvgIpc) is 2.39. The highest BCUT2D eigenvalue weighted by Gasteiger charge is 2.11. The first kappa shape index (κ1) is 13.0. The third-order valence-corrected chi connectivity index (χ3v) is 2.50. The lowest BCUT2D eigenvalue weighted by molar-refractivity contribution is 0.102. The monoisotopic (exact) mass is 263 g/mol. The van der Waals surface area contributed by atoms with Crippen molar-refractivity contribution in [1.82, 2.24) is 0 Å². The average molecular weight is 263 g/mol. The van der Waals surface area contributed by atoms with E-state index in [1.54, 1.807) is 0 Å². The lowest BCUT2D eigenvalue weighted by Crippen LogP contribution is -2.13. The van der Waals surface area contributed by atoms with Crippen molar-refractivity contribution < 1.29 is 18.3 Å². The van der Waals surface area contributed by atoms with Crippen molar-refractivity contribution in [3.63, 3.8) is 0 Å². The van der Waals surface area contributed by atoms with Crippen LogP contribution in [0.3, 0.4) is 0 Å². The van der Waals surface area contributed by atoms with Gasteiger partial charge in [-0.15, -0.1) is 0 Å². The van der Waals surface area contributed by atoms with Gasteiger partial charge in [0.1, 0.15) is 17.4 Å². The standard InChI is InChI=1S/C14H11F2NO2/c1-19-13-6-5-11(16)8-12(13)17-14(18)9-3-2-4-10(15)7-9/h2-8H,1H3,(H,17,18). The molecule has 0 radical (unpaired) electrons. The third-order valence-electron chi connectivity index (χ3n) is 2.50. The number of carbonyl (C=O) groups excluding carboxylic acids is 1. The van der Waals surface area contributed by atoms with Gasteiger partial charge in [0.15, 0.2) is 0 Å². The van der Waals surface area contributed by atoms with Gasteiger partial charge in [-0.2, -0.15) is 0 Å². The first-order valence-corrected chi connectivity index (χ1v) is 5.50. The van der Waals surface area contributed by atoms with Crippen molar-refractivity contribution in [2.45, 2.75) is 0 Å². The van der Waals surface area contributed by atoms with Crippen molar-refractivity contribution >= 4 is 11.6 Å². The van der Waals surface area contributed by atoms with Gasteiger partial charge in [-0.1, -0.05) is 6.07 Å². The molecule has 2 rings (SSSR count). The predicted molar refractivity (Wildman–Crippen MR) is 67.3 cm³/mol. The summed E-state index contributed by atoms with van der Waals surface area (Å²) in [5.74, 6) is -1.23. The van der Waals surface area contributed by atoms with Crippen LogP contribution in [0.2, 0.25) is 0 Å². The van der Waals surface area contributed by atoms with E-state index in [0.717, 1.165) is 12.1 Å². The molecule has 2 aromatic carbocycles. The smallest absolute Gasteiger partial charge is 0.255 e. The first-order chi connectivity index (χ1) is 9.10. The second-order valence-electron chi connectivity index (χ2n) is 3.81. The molecular weight excluding hydrogens is 252 g/mol. The zero-order valence-corrected chi connectivity index (χ0v) is 10.1. The summed E-state index contributed by atoms with van der Waals surface area (Å²) < 4.78 is 31.2. The van der Waals surface area contributed by atoms with Crippen LogP contribution in [0, 0.1) is 11.6 Å². The molecule has 5 heteroatoms. The van der Waals surface area contributed by atoms with Crippen molar-refractivity contribution in [3.8, 4) is 5.75 Å². The molecule has 0 aliphatic heterocycles. The summed E-state index contributed by atoms with van der Waals surface area (Å²) >= 11 is 0. The van der Waals surface area contributed by atoms with Crippen LogP contribution < -0.4 is 10.1 Å². The van der Waals surface area contributed by atoms with Crippen molar-refractivity contribution in [1.29, 1.82) is 0 Å². The molecule has 2 aromatic rings. The highest BCUT2D eigenvalue weighted by Crippen LogP contribution is 2.25. The zero-order valence-electron chi connectivity index (χ0n) is 10.1. The van der Waals surface area contributed by atoms with Crippen molar-refractivity contribution in [2.75, 3.05) is 12.4 Å². The summed E-state index contributed by atoms with van der Waals surface area (Å²) in [6.07, 6.45) is 0. The van der Waals surface area contributed by atoms with E-state index in [0.29, 0.717) is 5.75 Å². The molecule has 0 aliphatic carbocycles. The van der Waals surface area contributed by atoms with Crippen LogP contribution in [0.15, 0.2) is 42.5 Å². The van der Waals surface area contributed by atoms with Crippen LogP contribution in [-0.4, -0.2) is 13.0 Å². The number of carbonyl (C=O) groups is 1. The number of rotatable bonds is 3. The molecule has 0 spiro atoms. The van der Waals surface area contributed by atoms with E-state index in [4.69, 9.17) is 4.74 Å². The maximum absolute atomic E-state index is 13.1. The maximum Gasteiger partial charge on any atom is 0.255 e. The van der Waals surface area contributed by atoms with Gasteiger partial charge in [-0.25, -0.2) is 8.78 Å². The number of amides is 1. The minimum absolute atomic E-state index is 0.145. The van der Waals surface area contributed by atoms with Gasteiger partial charge in [0, 0.05) is 11.6 Å². The molecule has 0 aromatic heterocycles. The van der Waals surface area contributed by atoms with E-state index in [1.165, 1.54) is 37.4 Å². The number of halogens is 2. The first-order valence-electron chi connectivity index (χ1n) is 5.50. The summed E-state index contributed by atoms with van der Waals surface area (Å²) in [5, 5.41) is 2.48. The maximum atomic E-state index is 13.1. The van der Waals surface area contributed by atoms with Crippen molar-refractivity contribution in [3.05, 3.63) is 59.7 Å². The van der Waals surface area contributed by atoms with E-state index < -0.39 is 17.5 Å². The third kappa shape index (κ3) is 3.07. The zero-order chi connectivity index (χ0) is 13.8. The van der Waals surface area contributed by atoms with Gasteiger partial charge in [0.2, 0.25) is 0 Å². The van der Waals surface area contributed by atoms with Crippen LogP contribution in [-0.2, 0) is 0 Å². The second-order valence-corrected chi connectivity index (χ2v) is 3.81. The summed E-state index contributed by atoms with van der Waals surface area (Å²) in [5.41, 5.74) is 0.336. The Morgan fingerprint density at radius 2 is 1.84 bits per heavy atom. The van der Waals surface area contributed by atoms with E-state index in [2.05, 4.69) is 5.32 Å². The number of methoxy groups -OCH3 is 1. The number of nitrogens with one attached hydrogen (secondary N) is 1. The molecule has 0 bridgehead atoms. The number of anilines is 1. The molecule has 0 aliphatic rings. The highest BCUT2D eigenvalue weighted by atomic mass is 19.1. The Balaban J connectivity index is 2.26. The van der Waals surface area contributed by atoms with Gasteiger partial charge in [0.25, 0.3) is 5.91 Å². The summed E-state index contributed by atoms with van der Waals surface area (Å²) in [6.45, 7) is 0. The molecule has 0 heterocycles. The van der Waals surface area contributed by atoms with Crippen LogP contribution in [0.4, 0.5) is 14.5 Å². The number of ether oxygens (including phenoxy) is 1. The summed E-state index contributed by atoms with van der Waals surface area (Å²) in [6, 6.07) is 8.97. The Morgan fingerprint density at radius 3 is 2.53 bits per heavy atom. The molecule has 1 N–H and O–H groups in total. The van der Waals surface area contributed by atoms with Gasteiger partial charge in [0.05, 0.1) is 12.8 Å². The van der Waals surface area contributed by atoms with Crippen LogP contribution >= 0.6 is 0 Å². The molecule has 1 amide bonds. The fourth-order valence-electron chi connectivity index (χ4n) is 1.60. The summed E-state index contributed by atoms with van der Waals surface area (Å²) in [7, 11) is 1.41. The lowest BCUT2D eigenvalue weighted by Gasteiger charge is -2.10. The lowest BCUT2D eigenvalue weighted by atomic mass is 10.2. The minimum Gasteiger partial charge on any atom is -0.495 e. The Bertz CT molecular complexity index is 614. The SMILES string of the molecule is COc1ccc(F)cc1NC(=O)c1cccc(F)c1. The van der Waals surface area contributed by atoms with Crippen LogP contribution in [0.5, 0.6) is 5.75 Å². The minimum atomic E-state index is -0.539. The molecule has 0 saturated heterocycles. The Kier molecular flexibility index (Phi) is 3.75. The topological polar surface area (TPSA) is 38.3 Å². The van der Waals surface area contributed by atoms with E-state index in [-0.39, 0.29) is 11.3 Å². The molecular formula is C14H11F2NO2. The fourth-order valence-corrected chi connectivity index (χ4v) is 1.60. The van der Waals surface area contributed by atoms with Gasteiger partial charge >= 0.3 is 0 Å². The quantitative estimate of drug-likeness (QED) is 0.923.